The van der Waals surface area contributed by atoms with Crippen LogP contribution in [0, 0.1) is 5.95 Å². The number of pyridine rings is 1. The van der Waals surface area contributed by atoms with E-state index in [4.69, 9.17) is 0 Å². The number of rotatable bonds is 3. The third-order valence-electron chi connectivity index (χ3n) is 2.17. The molecule has 0 spiro atoms. The van der Waals surface area contributed by atoms with Gasteiger partial charge in [-0.1, -0.05) is 17.8 Å². The molecule has 1 aromatic rings. The van der Waals surface area contributed by atoms with E-state index < -0.39 is 5.95 Å². The molecule has 1 heterocycles. The number of hydrogen-bond donors (Lipinski definition) is 0. The molecule has 0 bridgehead atoms. The molecule has 16 heavy (non-hydrogen) atoms. The molecule has 0 aromatic carbocycles. The molecule has 0 saturated heterocycles. The van der Waals surface area contributed by atoms with Crippen LogP contribution < -0.4 is 0 Å². The highest BCUT2D eigenvalue weighted by Gasteiger charge is 2.02. The lowest BCUT2D eigenvalue weighted by Gasteiger charge is -2.17. The van der Waals surface area contributed by atoms with Crippen molar-refractivity contribution in [3.05, 3.63) is 29.8 Å². The van der Waals surface area contributed by atoms with Crippen LogP contribution in [0.3, 0.4) is 0 Å². The smallest absolute Gasteiger partial charge is 0.212 e. The van der Waals surface area contributed by atoms with Crippen LogP contribution in [0.25, 0.3) is 0 Å². The standard InChI is InChI=1S/C11H16FN3S/c1-4-15(2)11(16-3)14-8-9-5-6-10(12)13-7-9/h5-7H,4,8H2,1-3H3. The molecule has 0 aliphatic carbocycles. The van der Waals surface area contributed by atoms with Crippen molar-refractivity contribution in [3.8, 4) is 0 Å². The molecule has 0 aliphatic rings. The van der Waals surface area contributed by atoms with Gasteiger partial charge in [0, 0.05) is 19.8 Å². The maximum atomic E-state index is 12.6. The minimum atomic E-state index is -0.455. The number of amidine groups is 1. The van der Waals surface area contributed by atoms with E-state index in [0.29, 0.717) is 6.54 Å². The van der Waals surface area contributed by atoms with E-state index in [9.17, 15) is 4.39 Å². The Morgan fingerprint density at radius 1 is 1.56 bits per heavy atom. The average Bonchev–Trinajstić information content (AvgIpc) is 2.31. The molecule has 0 saturated carbocycles. The predicted octanol–water partition coefficient (Wildman–Crippen LogP) is 2.39. The lowest BCUT2D eigenvalue weighted by molar-refractivity contribution is 0.543. The van der Waals surface area contributed by atoms with Gasteiger partial charge in [0.25, 0.3) is 0 Å². The number of hydrogen-bond acceptors (Lipinski definition) is 3. The molecule has 0 N–H and O–H groups in total. The van der Waals surface area contributed by atoms with E-state index in [0.717, 1.165) is 17.3 Å². The van der Waals surface area contributed by atoms with Crippen molar-refractivity contribution < 1.29 is 4.39 Å². The summed E-state index contributed by atoms with van der Waals surface area (Å²) in [5.74, 6) is -0.455. The Morgan fingerprint density at radius 2 is 2.31 bits per heavy atom. The minimum Gasteiger partial charge on any atom is -0.355 e. The van der Waals surface area contributed by atoms with Crippen LogP contribution >= 0.6 is 11.8 Å². The third-order valence-corrected chi connectivity index (χ3v) is 2.97. The third kappa shape index (κ3) is 3.81. The van der Waals surface area contributed by atoms with Crippen LogP contribution in [0.4, 0.5) is 4.39 Å². The highest BCUT2D eigenvalue weighted by Crippen LogP contribution is 2.07. The molecule has 0 fully saturated rings. The lowest BCUT2D eigenvalue weighted by Crippen LogP contribution is -2.23. The Hall–Kier alpha value is -1.10. The zero-order chi connectivity index (χ0) is 12.0. The molecule has 1 rings (SSSR count). The number of halogens is 1. The zero-order valence-corrected chi connectivity index (χ0v) is 10.6. The minimum absolute atomic E-state index is 0.455. The maximum absolute atomic E-state index is 12.6. The summed E-state index contributed by atoms with van der Waals surface area (Å²) in [5.41, 5.74) is 0.914. The Morgan fingerprint density at radius 3 is 2.81 bits per heavy atom. The lowest BCUT2D eigenvalue weighted by atomic mass is 10.3. The molecule has 0 aliphatic heterocycles. The summed E-state index contributed by atoms with van der Waals surface area (Å²) < 4.78 is 12.6. The van der Waals surface area contributed by atoms with Gasteiger partial charge in [0.1, 0.15) is 0 Å². The Kier molecular flexibility index (Phi) is 5.25. The summed E-state index contributed by atoms with van der Waals surface area (Å²) in [5, 5.41) is 0.979. The molecule has 0 amide bonds. The zero-order valence-electron chi connectivity index (χ0n) is 9.77. The molecule has 0 unspecified atom stereocenters. The van der Waals surface area contributed by atoms with Crippen LogP contribution in [0.15, 0.2) is 23.3 Å². The van der Waals surface area contributed by atoms with Crippen molar-refractivity contribution in [3.63, 3.8) is 0 Å². The van der Waals surface area contributed by atoms with Crippen molar-refractivity contribution in [2.24, 2.45) is 4.99 Å². The molecule has 1 aromatic heterocycles. The van der Waals surface area contributed by atoms with Crippen molar-refractivity contribution in [1.29, 1.82) is 0 Å². The van der Waals surface area contributed by atoms with E-state index in [-0.39, 0.29) is 0 Å². The van der Waals surface area contributed by atoms with E-state index >= 15 is 0 Å². The van der Waals surface area contributed by atoms with Crippen LogP contribution in [0.5, 0.6) is 0 Å². The fourth-order valence-corrected chi connectivity index (χ4v) is 1.77. The van der Waals surface area contributed by atoms with Crippen molar-refractivity contribution in [2.45, 2.75) is 13.5 Å². The Labute approximate surface area is 99.8 Å². The van der Waals surface area contributed by atoms with E-state index in [1.54, 1.807) is 17.8 Å². The summed E-state index contributed by atoms with van der Waals surface area (Å²) in [4.78, 5) is 10.1. The SMILES string of the molecule is CCN(C)C(=NCc1ccc(F)nc1)SC. The van der Waals surface area contributed by atoms with Gasteiger partial charge in [0.15, 0.2) is 5.17 Å². The van der Waals surface area contributed by atoms with Crippen LogP contribution in [-0.4, -0.2) is 34.9 Å². The first-order valence-electron chi connectivity index (χ1n) is 5.07. The first-order chi connectivity index (χ1) is 7.67. The Balaban J connectivity index is 2.66. The van der Waals surface area contributed by atoms with Crippen molar-refractivity contribution in [2.75, 3.05) is 19.8 Å². The van der Waals surface area contributed by atoms with E-state index in [1.807, 2.05) is 13.3 Å². The first kappa shape index (κ1) is 13.0. The van der Waals surface area contributed by atoms with Crippen LogP contribution in [0.2, 0.25) is 0 Å². The number of aromatic nitrogens is 1. The number of thioether (sulfide) groups is 1. The van der Waals surface area contributed by atoms with Gasteiger partial charge < -0.3 is 4.90 Å². The van der Waals surface area contributed by atoms with E-state index in [1.165, 1.54) is 12.3 Å². The first-order valence-corrected chi connectivity index (χ1v) is 6.29. The molecular formula is C11H16FN3S. The number of aliphatic imine (C=N–C) groups is 1. The second-order valence-electron chi connectivity index (χ2n) is 3.31. The quantitative estimate of drug-likeness (QED) is 0.462. The van der Waals surface area contributed by atoms with Gasteiger partial charge in [-0.2, -0.15) is 4.39 Å². The highest BCUT2D eigenvalue weighted by molar-refractivity contribution is 8.13. The molecule has 3 nitrogen and oxygen atoms in total. The van der Waals surface area contributed by atoms with Gasteiger partial charge in [0.2, 0.25) is 5.95 Å². The number of nitrogens with zero attached hydrogens (tertiary/aromatic N) is 3. The molecule has 5 heteroatoms. The second kappa shape index (κ2) is 6.48. The van der Waals surface area contributed by atoms with Gasteiger partial charge >= 0.3 is 0 Å². The summed E-state index contributed by atoms with van der Waals surface area (Å²) in [6.45, 7) is 3.53. The molecule has 0 atom stereocenters. The highest BCUT2D eigenvalue weighted by atomic mass is 32.2. The monoisotopic (exact) mass is 241 g/mol. The average molecular weight is 241 g/mol. The van der Waals surface area contributed by atoms with E-state index in [2.05, 4.69) is 21.8 Å². The van der Waals surface area contributed by atoms with Gasteiger partial charge in [-0.05, 0) is 24.8 Å². The largest absolute Gasteiger partial charge is 0.355 e. The second-order valence-corrected chi connectivity index (χ2v) is 4.08. The summed E-state index contributed by atoms with van der Waals surface area (Å²) in [7, 11) is 2.00. The van der Waals surface area contributed by atoms with Gasteiger partial charge in [0.05, 0.1) is 6.54 Å². The fourth-order valence-electron chi connectivity index (χ4n) is 1.14. The van der Waals surface area contributed by atoms with Crippen LogP contribution in [-0.2, 0) is 6.54 Å². The predicted molar refractivity (Wildman–Crippen MR) is 67.2 cm³/mol. The topological polar surface area (TPSA) is 28.5 Å². The molecule has 88 valence electrons. The fraction of sp³-hybridized carbons (Fsp3) is 0.455. The van der Waals surface area contributed by atoms with Gasteiger partial charge in [-0.25, -0.2) is 4.98 Å². The normalized spacial score (nSPS) is 11.6. The van der Waals surface area contributed by atoms with Gasteiger partial charge in [-0.15, -0.1) is 0 Å². The summed E-state index contributed by atoms with van der Waals surface area (Å²) in [6.07, 6.45) is 3.51. The summed E-state index contributed by atoms with van der Waals surface area (Å²) >= 11 is 1.61. The van der Waals surface area contributed by atoms with Gasteiger partial charge in [-0.3, -0.25) is 4.99 Å². The molecule has 0 radical (unpaired) electrons. The Bertz CT molecular complexity index is 351. The van der Waals surface area contributed by atoms with Crippen LogP contribution in [0.1, 0.15) is 12.5 Å². The maximum Gasteiger partial charge on any atom is 0.212 e. The molecular weight excluding hydrogens is 225 g/mol. The van der Waals surface area contributed by atoms with Crippen molar-refractivity contribution in [1.82, 2.24) is 9.88 Å². The summed E-state index contributed by atoms with van der Waals surface area (Å²) in [6, 6.07) is 3.06. The van der Waals surface area contributed by atoms with Crippen molar-refractivity contribution >= 4 is 16.9 Å².